The third-order valence-electron chi connectivity index (χ3n) is 2.19. The first-order chi connectivity index (χ1) is 7.81. The lowest BCUT2D eigenvalue weighted by Gasteiger charge is -2.11. The summed E-state index contributed by atoms with van der Waals surface area (Å²) in [4.78, 5) is 11.9. The number of carbonyl (C=O) groups is 1. The standard InChI is InChI=1S/C10H13NO4S/c1-13-10(12)9-7(2-5-16-9)11-6-8-14-3-4-15-8/h2,5,8,11H,3-4,6H2,1H3. The van der Waals surface area contributed by atoms with Crippen LogP contribution in [0.25, 0.3) is 0 Å². The Hall–Kier alpha value is -1.11. The number of methoxy groups -OCH3 is 1. The molecule has 0 bridgehead atoms. The summed E-state index contributed by atoms with van der Waals surface area (Å²) in [5, 5.41) is 4.95. The highest BCUT2D eigenvalue weighted by atomic mass is 32.1. The molecule has 1 aromatic rings. The van der Waals surface area contributed by atoms with Crippen molar-refractivity contribution in [1.29, 1.82) is 0 Å². The molecular weight excluding hydrogens is 230 g/mol. The number of ether oxygens (including phenoxy) is 3. The van der Waals surface area contributed by atoms with Crippen LogP contribution in [0.15, 0.2) is 11.4 Å². The van der Waals surface area contributed by atoms with Gasteiger partial charge in [0.1, 0.15) is 4.88 Å². The van der Waals surface area contributed by atoms with Crippen LogP contribution in [-0.4, -0.2) is 39.1 Å². The highest BCUT2D eigenvalue weighted by Gasteiger charge is 2.18. The third kappa shape index (κ3) is 2.52. The smallest absolute Gasteiger partial charge is 0.350 e. The lowest BCUT2D eigenvalue weighted by atomic mass is 10.4. The third-order valence-corrected chi connectivity index (χ3v) is 3.08. The molecule has 1 N–H and O–H groups in total. The number of anilines is 1. The highest BCUT2D eigenvalue weighted by Crippen LogP contribution is 2.23. The summed E-state index contributed by atoms with van der Waals surface area (Å²) in [7, 11) is 1.37. The maximum atomic E-state index is 11.4. The molecule has 0 spiro atoms. The molecule has 2 rings (SSSR count). The van der Waals surface area contributed by atoms with Gasteiger partial charge in [-0.1, -0.05) is 0 Å². The first kappa shape index (κ1) is 11.4. The van der Waals surface area contributed by atoms with Crippen LogP contribution in [0.3, 0.4) is 0 Å². The van der Waals surface area contributed by atoms with Gasteiger partial charge in [0.2, 0.25) is 0 Å². The molecular formula is C10H13NO4S. The lowest BCUT2D eigenvalue weighted by molar-refractivity contribution is -0.0299. The molecule has 5 nitrogen and oxygen atoms in total. The number of nitrogens with one attached hydrogen (secondary N) is 1. The van der Waals surface area contributed by atoms with E-state index in [1.54, 1.807) is 0 Å². The van der Waals surface area contributed by atoms with Crippen LogP contribution >= 0.6 is 11.3 Å². The van der Waals surface area contributed by atoms with Crippen molar-refractivity contribution in [3.05, 3.63) is 16.3 Å². The molecule has 0 aromatic carbocycles. The van der Waals surface area contributed by atoms with Crippen molar-refractivity contribution in [1.82, 2.24) is 0 Å². The number of esters is 1. The molecule has 0 radical (unpaired) electrons. The molecule has 16 heavy (non-hydrogen) atoms. The van der Waals surface area contributed by atoms with Gasteiger partial charge in [0.05, 0.1) is 32.6 Å². The molecule has 1 fully saturated rings. The molecule has 88 valence electrons. The average Bonchev–Trinajstić information content (AvgIpc) is 2.96. The Morgan fingerprint density at radius 3 is 3.06 bits per heavy atom. The minimum absolute atomic E-state index is 0.231. The van der Waals surface area contributed by atoms with E-state index in [-0.39, 0.29) is 12.3 Å². The number of hydrogen-bond donors (Lipinski definition) is 1. The lowest BCUT2D eigenvalue weighted by Crippen LogP contribution is -2.20. The van der Waals surface area contributed by atoms with Gasteiger partial charge in [-0.3, -0.25) is 0 Å². The van der Waals surface area contributed by atoms with Crippen LogP contribution in [0.5, 0.6) is 0 Å². The molecule has 6 heteroatoms. The van der Waals surface area contributed by atoms with E-state index in [0.717, 1.165) is 5.69 Å². The largest absolute Gasteiger partial charge is 0.465 e. The Bertz CT molecular complexity index is 359. The molecule has 1 saturated heterocycles. The first-order valence-electron chi connectivity index (χ1n) is 4.94. The summed E-state index contributed by atoms with van der Waals surface area (Å²) in [6.45, 7) is 1.78. The monoisotopic (exact) mass is 243 g/mol. The molecule has 1 aromatic heterocycles. The Labute approximate surface area is 97.3 Å². The summed E-state index contributed by atoms with van der Waals surface area (Å²) in [5.74, 6) is -0.328. The zero-order valence-corrected chi connectivity index (χ0v) is 9.71. The van der Waals surface area contributed by atoms with Gasteiger partial charge in [0, 0.05) is 0 Å². The highest BCUT2D eigenvalue weighted by molar-refractivity contribution is 7.12. The maximum absolute atomic E-state index is 11.4. The summed E-state index contributed by atoms with van der Waals surface area (Å²) in [5.41, 5.74) is 0.760. The molecule has 1 aliphatic rings. The van der Waals surface area contributed by atoms with Gasteiger partial charge in [-0.05, 0) is 11.4 Å². The summed E-state index contributed by atoms with van der Waals surface area (Å²) in [6, 6.07) is 1.84. The normalized spacial score (nSPS) is 16.3. The van der Waals surface area contributed by atoms with Crippen LogP contribution in [0, 0.1) is 0 Å². The fourth-order valence-corrected chi connectivity index (χ4v) is 2.20. The molecule has 0 aliphatic carbocycles. The Balaban J connectivity index is 1.93. The van der Waals surface area contributed by atoms with E-state index >= 15 is 0 Å². The molecule has 2 heterocycles. The predicted octanol–water partition coefficient (Wildman–Crippen LogP) is 1.32. The topological polar surface area (TPSA) is 56.8 Å². The van der Waals surface area contributed by atoms with E-state index in [1.165, 1.54) is 18.4 Å². The summed E-state index contributed by atoms with van der Waals surface area (Å²) < 4.78 is 15.2. The van der Waals surface area contributed by atoms with Crippen LogP contribution in [-0.2, 0) is 14.2 Å². The fourth-order valence-electron chi connectivity index (χ4n) is 1.42. The van der Waals surface area contributed by atoms with Gasteiger partial charge in [0.15, 0.2) is 6.29 Å². The van der Waals surface area contributed by atoms with E-state index in [9.17, 15) is 4.79 Å². The molecule has 0 atom stereocenters. The van der Waals surface area contributed by atoms with Crippen molar-refractivity contribution in [3.63, 3.8) is 0 Å². The summed E-state index contributed by atoms with van der Waals surface area (Å²) >= 11 is 1.35. The predicted molar refractivity (Wildman–Crippen MR) is 59.8 cm³/mol. The first-order valence-corrected chi connectivity index (χ1v) is 5.82. The van der Waals surface area contributed by atoms with Crippen LogP contribution < -0.4 is 5.32 Å². The van der Waals surface area contributed by atoms with Crippen LogP contribution in [0.4, 0.5) is 5.69 Å². The van der Waals surface area contributed by atoms with Crippen molar-refractivity contribution < 1.29 is 19.0 Å². The van der Waals surface area contributed by atoms with E-state index in [2.05, 4.69) is 10.1 Å². The maximum Gasteiger partial charge on any atom is 0.350 e. The SMILES string of the molecule is COC(=O)c1sccc1NCC1OCCO1. The van der Waals surface area contributed by atoms with E-state index in [1.807, 2.05) is 11.4 Å². The van der Waals surface area contributed by atoms with Gasteiger partial charge in [0.25, 0.3) is 0 Å². The summed E-state index contributed by atoms with van der Waals surface area (Å²) in [6.07, 6.45) is -0.231. The fraction of sp³-hybridized carbons (Fsp3) is 0.500. The Kier molecular flexibility index (Phi) is 3.76. The number of carbonyl (C=O) groups excluding carboxylic acids is 1. The second kappa shape index (κ2) is 5.29. The Morgan fingerprint density at radius 1 is 1.62 bits per heavy atom. The van der Waals surface area contributed by atoms with E-state index in [4.69, 9.17) is 9.47 Å². The van der Waals surface area contributed by atoms with Gasteiger partial charge in [-0.2, -0.15) is 0 Å². The number of rotatable bonds is 4. The van der Waals surface area contributed by atoms with Crippen molar-refractivity contribution in [2.24, 2.45) is 0 Å². The second-order valence-corrected chi connectivity index (χ2v) is 4.12. The van der Waals surface area contributed by atoms with Crippen LogP contribution in [0.1, 0.15) is 9.67 Å². The Morgan fingerprint density at radius 2 is 2.38 bits per heavy atom. The zero-order valence-electron chi connectivity index (χ0n) is 8.89. The number of hydrogen-bond acceptors (Lipinski definition) is 6. The second-order valence-electron chi connectivity index (χ2n) is 3.21. The minimum atomic E-state index is -0.328. The molecule has 0 amide bonds. The average molecular weight is 243 g/mol. The van der Waals surface area contributed by atoms with Gasteiger partial charge < -0.3 is 19.5 Å². The quantitative estimate of drug-likeness (QED) is 0.808. The van der Waals surface area contributed by atoms with E-state index < -0.39 is 0 Å². The van der Waals surface area contributed by atoms with Crippen molar-refractivity contribution >= 4 is 23.0 Å². The molecule has 1 aliphatic heterocycles. The number of thiophene rings is 1. The van der Waals surface area contributed by atoms with Gasteiger partial charge >= 0.3 is 5.97 Å². The van der Waals surface area contributed by atoms with Crippen molar-refractivity contribution in [2.75, 3.05) is 32.2 Å². The van der Waals surface area contributed by atoms with Crippen LogP contribution in [0.2, 0.25) is 0 Å². The van der Waals surface area contributed by atoms with Gasteiger partial charge in [-0.25, -0.2) is 4.79 Å². The molecule has 0 unspecified atom stereocenters. The van der Waals surface area contributed by atoms with E-state index in [0.29, 0.717) is 24.6 Å². The minimum Gasteiger partial charge on any atom is -0.465 e. The van der Waals surface area contributed by atoms with Crippen molar-refractivity contribution in [2.45, 2.75) is 6.29 Å². The zero-order chi connectivity index (χ0) is 11.4. The van der Waals surface area contributed by atoms with Crippen molar-refractivity contribution in [3.8, 4) is 0 Å². The molecule has 0 saturated carbocycles. The van der Waals surface area contributed by atoms with Gasteiger partial charge in [-0.15, -0.1) is 11.3 Å².